The molecule has 1 aromatic rings. The molecule has 2 unspecified atom stereocenters. The Morgan fingerprint density at radius 2 is 2.10 bits per heavy atom. The second-order valence-electron chi connectivity index (χ2n) is 6.29. The molecule has 116 valence electrons. The molecule has 2 fully saturated rings. The zero-order chi connectivity index (χ0) is 15.4. The first-order valence-electron chi connectivity index (χ1n) is 6.93. The number of halogens is 2. The molecule has 2 saturated heterocycles. The van der Waals surface area contributed by atoms with Crippen molar-refractivity contribution in [1.82, 2.24) is 9.62 Å². The Bertz CT molecular complexity index is 678. The Kier molecular flexibility index (Phi) is 3.90. The van der Waals surface area contributed by atoms with Crippen molar-refractivity contribution in [3.63, 3.8) is 0 Å². The van der Waals surface area contributed by atoms with Crippen LogP contribution in [0, 0.1) is 11.8 Å². The number of benzene rings is 1. The molecule has 7 heteroatoms. The quantitative estimate of drug-likeness (QED) is 0.840. The monoisotopic (exact) mass is 392 g/mol. The van der Waals surface area contributed by atoms with E-state index in [-0.39, 0.29) is 5.54 Å². The maximum absolute atomic E-state index is 13.0. The zero-order valence-corrected chi connectivity index (χ0v) is 15.1. The first-order valence-corrected chi connectivity index (χ1v) is 9.54. The number of nitrogens with one attached hydrogen (secondary N) is 1. The highest BCUT2D eigenvalue weighted by Crippen LogP contribution is 2.43. The molecular formula is C14H18BrClN2O2S. The summed E-state index contributed by atoms with van der Waals surface area (Å²) in [4.78, 5) is 0.291. The number of sulfonamides is 1. The fraction of sp³-hybridized carbons (Fsp3) is 0.571. The Hall–Kier alpha value is -0.140. The predicted molar refractivity (Wildman–Crippen MR) is 87.0 cm³/mol. The van der Waals surface area contributed by atoms with Gasteiger partial charge in [0.1, 0.15) is 0 Å². The molecule has 4 nitrogen and oxygen atoms in total. The van der Waals surface area contributed by atoms with Gasteiger partial charge in [0.05, 0.1) is 9.92 Å². The van der Waals surface area contributed by atoms with E-state index in [0.717, 1.165) is 13.1 Å². The molecule has 2 atom stereocenters. The van der Waals surface area contributed by atoms with Crippen molar-refractivity contribution in [2.24, 2.45) is 11.8 Å². The van der Waals surface area contributed by atoms with Crippen molar-refractivity contribution in [3.8, 4) is 0 Å². The third-order valence-electron chi connectivity index (χ3n) is 4.77. The molecule has 0 aromatic heterocycles. The van der Waals surface area contributed by atoms with E-state index in [9.17, 15) is 8.42 Å². The van der Waals surface area contributed by atoms with E-state index in [4.69, 9.17) is 11.6 Å². The number of hydrogen-bond donors (Lipinski definition) is 1. The van der Waals surface area contributed by atoms with Gasteiger partial charge >= 0.3 is 0 Å². The van der Waals surface area contributed by atoms with Gasteiger partial charge in [0, 0.05) is 23.1 Å². The molecule has 21 heavy (non-hydrogen) atoms. The molecule has 1 N–H and O–H groups in total. The molecule has 0 spiro atoms. The van der Waals surface area contributed by atoms with Crippen LogP contribution >= 0.6 is 27.5 Å². The predicted octanol–water partition coefficient (Wildman–Crippen LogP) is 2.72. The first-order chi connectivity index (χ1) is 9.74. The molecule has 0 saturated carbocycles. The molecule has 2 aliphatic heterocycles. The summed E-state index contributed by atoms with van der Waals surface area (Å²) in [5.74, 6) is 0.758. The topological polar surface area (TPSA) is 49.4 Å². The second-order valence-corrected chi connectivity index (χ2v) is 9.41. The van der Waals surface area contributed by atoms with Crippen LogP contribution in [0.3, 0.4) is 0 Å². The molecule has 2 aliphatic rings. The van der Waals surface area contributed by atoms with E-state index < -0.39 is 10.0 Å². The summed E-state index contributed by atoms with van der Waals surface area (Å²) in [6, 6.07) is 4.77. The van der Waals surface area contributed by atoms with Gasteiger partial charge in [-0.15, -0.1) is 0 Å². The Balaban J connectivity index is 2.00. The van der Waals surface area contributed by atoms with E-state index in [1.165, 1.54) is 0 Å². The van der Waals surface area contributed by atoms with Crippen molar-refractivity contribution >= 4 is 37.6 Å². The molecule has 0 bridgehead atoms. The Morgan fingerprint density at radius 3 is 2.71 bits per heavy atom. The van der Waals surface area contributed by atoms with E-state index >= 15 is 0 Å². The zero-order valence-electron chi connectivity index (χ0n) is 11.9. The minimum absolute atomic E-state index is 0.291. The summed E-state index contributed by atoms with van der Waals surface area (Å²) in [7, 11) is -3.51. The average molecular weight is 394 g/mol. The van der Waals surface area contributed by atoms with Crippen LogP contribution < -0.4 is 5.32 Å². The number of rotatable bonds is 2. The van der Waals surface area contributed by atoms with Crippen LogP contribution in [0.2, 0.25) is 5.02 Å². The van der Waals surface area contributed by atoms with Crippen LogP contribution in [0.25, 0.3) is 0 Å². The lowest BCUT2D eigenvalue weighted by atomic mass is 9.85. The largest absolute Gasteiger partial charge is 0.316 e. The van der Waals surface area contributed by atoms with Gasteiger partial charge in [-0.2, -0.15) is 4.31 Å². The molecule has 3 rings (SSSR count). The van der Waals surface area contributed by atoms with Crippen molar-refractivity contribution in [3.05, 3.63) is 27.7 Å². The van der Waals surface area contributed by atoms with Gasteiger partial charge in [0.2, 0.25) is 10.0 Å². The van der Waals surface area contributed by atoms with E-state index in [0.29, 0.717) is 32.8 Å². The lowest BCUT2D eigenvalue weighted by Crippen LogP contribution is -2.47. The molecule has 0 aliphatic carbocycles. The van der Waals surface area contributed by atoms with Crippen LogP contribution in [0.4, 0.5) is 0 Å². The lowest BCUT2D eigenvalue weighted by Gasteiger charge is -2.34. The summed E-state index contributed by atoms with van der Waals surface area (Å²) >= 11 is 9.26. The molecule has 0 amide bonds. The van der Waals surface area contributed by atoms with Crippen molar-refractivity contribution in [2.45, 2.75) is 24.3 Å². The lowest BCUT2D eigenvalue weighted by molar-refractivity contribution is 0.233. The average Bonchev–Trinajstić information content (AvgIpc) is 2.95. The number of hydrogen-bond acceptors (Lipinski definition) is 3. The summed E-state index contributed by atoms with van der Waals surface area (Å²) in [5.41, 5.74) is -0.376. The van der Waals surface area contributed by atoms with Gasteiger partial charge in [-0.25, -0.2) is 8.42 Å². The summed E-state index contributed by atoms with van der Waals surface area (Å²) in [6.45, 7) is 6.39. The second kappa shape index (κ2) is 5.20. The van der Waals surface area contributed by atoms with Crippen LogP contribution in [0.15, 0.2) is 27.6 Å². The van der Waals surface area contributed by atoms with E-state index in [1.807, 2.05) is 13.8 Å². The van der Waals surface area contributed by atoms with Crippen molar-refractivity contribution in [2.75, 3.05) is 19.6 Å². The Labute approximate surface area is 139 Å². The summed E-state index contributed by atoms with van der Waals surface area (Å²) < 4.78 is 28.2. The highest BCUT2D eigenvalue weighted by Gasteiger charge is 2.54. The van der Waals surface area contributed by atoms with Gasteiger partial charge in [0.25, 0.3) is 0 Å². The third kappa shape index (κ3) is 2.45. The van der Waals surface area contributed by atoms with Crippen LogP contribution in [0.1, 0.15) is 13.8 Å². The maximum atomic E-state index is 13.0. The minimum atomic E-state index is -3.51. The summed E-state index contributed by atoms with van der Waals surface area (Å²) in [5, 5.41) is 3.87. The molecule has 0 radical (unpaired) electrons. The normalized spacial score (nSPS) is 28.8. The standard InChI is InChI=1S/C14H18BrClN2O2S/c1-14(2)11-7-17-6-9(11)8-18(14)21(19,20)10-3-4-13(16)12(15)5-10/h3-5,9,11,17H,6-8H2,1-2H3. The van der Waals surface area contributed by atoms with Gasteiger partial charge < -0.3 is 5.32 Å². The van der Waals surface area contributed by atoms with Crippen molar-refractivity contribution < 1.29 is 8.42 Å². The fourth-order valence-electron chi connectivity index (χ4n) is 3.56. The highest BCUT2D eigenvalue weighted by atomic mass is 79.9. The fourth-order valence-corrected chi connectivity index (χ4v) is 6.11. The maximum Gasteiger partial charge on any atom is 0.243 e. The van der Waals surface area contributed by atoms with Crippen molar-refractivity contribution in [1.29, 1.82) is 0 Å². The van der Waals surface area contributed by atoms with Crippen LogP contribution in [-0.4, -0.2) is 37.9 Å². The van der Waals surface area contributed by atoms with Gasteiger partial charge in [-0.05, 0) is 66.4 Å². The van der Waals surface area contributed by atoms with Gasteiger partial charge in [0.15, 0.2) is 0 Å². The van der Waals surface area contributed by atoms with Crippen LogP contribution in [0.5, 0.6) is 0 Å². The number of nitrogens with zero attached hydrogens (tertiary/aromatic N) is 1. The van der Waals surface area contributed by atoms with Gasteiger partial charge in [-0.1, -0.05) is 11.6 Å². The Morgan fingerprint density at radius 1 is 1.38 bits per heavy atom. The SMILES string of the molecule is CC1(C)C2CNCC2CN1S(=O)(=O)c1ccc(Cl)c(Br)c1. The van der Waals surface area contributed by atoms with E-state index in [2.05, 4.69) is 21.2 Å². The first kappa shape index (κ1) is 15.7. The molecule has 2 heterocycles. The minimum Gasteiger partial charge on any atom is -0.316 e. The van der Waals surface area contributed by atoms with E-state index in [1.54, 1.807) is 22.5 Å². The highest BCUT2D eigenvalue weighted by molar-refractivity contribution is 9.10. The molecule has 1 aromatic carbocycles. The molecular weight excluding hydrogens is 376 g/mol. The van der Waals surface area contributed by atoms with Crippen LogP contribution in [-0.2, 0) is 10.0 Å². The third-order valence-corrected chi connectivity index (χ3v) is 8.03. The smallest absolute Gasteiger partial charge is 0.243 e. The number of fused-ring (bicyclic) bond motifs is 1. The van der Waals surface area contributed by atoms with Gasteiger partial charge in [-0.3, -0.25) is 0 Å². The summed E-state index contributed by atoms with van der Waals surface area (Å²) in [6.07, 6.45) is 0.